The van der Waals surface area contributed by atoms with Gasteiger partial charge >= 0.3 is 0 Å². The van der Waals surface area contributed by atoms with Crippen molar-refractivity contribution in [2.24, 2.45) is 0 Å². The molecule has 0 fully saturated rings. The van der Waals surface area contributed by atoms with Crippen molar-refractivity contribution in [3.8, 4) is 44.5 Å². The third-order valence-electron chi connectivity index (χ3n) is 12.0. The fourth-order valence-corrected chi connectivity index (χ4v) is 9.60. The molecule has 0 amide bonds. The number of benzene rings is 10. The average molecular weight is 673 g/mol. The van der Waals surface area contributed by atoms with Crippen molar-refractivity contribution in [2.75, 3.05) is 0 Å². The Morgan fingerprint density at radius 2 is 0.755 bits per heavy atom. The third-order valence-corrected chi connectivity index (χ3v) is 12.0. The van der Waals surface area contributed by atoms with Gasteiger partial charge < -0.3 is 0 Å². The molecule has 0 spiro atoms. The van der Waals surface area contributed by atoms with Gasteiger partial charge in [-0.2, -0.15) is 0 Å². The monoisotopic (exact) mass is 672 g/mol. The zero-order valence-corrected chi connectivity index (χ0v) is 29.8. The van der Waals surface area contributed by atoms with Crippen LogP contribution in [0.5, 0.6) is 0 Å². The van der Waals surface area contributed by atoms with E-state index in [0.29, 0.717) is 0 Å². The molecule has 0 aromatic heterocycles. The molecule has 0 aliphatic heterocycles. The van der Waals surface area contributed by atoms with Gasteiger partial charge in [0.2, 0.25) is 0 Å². The first-order valence-electron chi connectivity index (χ1n) is 18.7. The molecular formula is C53H36. The predicted octanol–water partition coefficient (Wildman–Crippen LogP) is 14.8. The van der Waals surface area contributed by atoms with E-state index in [1.807, 2.05) is 0 Å². The van der Waals surface area contributed by atoms with Crippen molar-refractivity contribution in [3.63, 3.8) is 0 Å². The van der Waals surface area contributed by atoms with E-state index in [1.54, 1.807) is 0 Å². The standard InChI is InChI=1S/C53H36/c1-53(2)48-26-14-13-25-46(48)52-40-20-8-7-19-38(40)47(32-49(52)53)39-29-30-45(37-18-6-5-17-36(37)39)51-43-23-11-9-21-41(43)50(42-22-10-12-24-44(42)51)35-28-27-33-15-3-4-16-34(33)31-35/h3-32H,1-2H3. The van der Waals surface area contributed by atoms with Crippen LogP contribution in [0, 0.1) is 0 Å². The summed E-state index contributed by atoms with van der Waals surface area (Å²) in [4.78, 5) is 0. The van der Waals surface area contributed by atoms with Gasteiger partial charge in [0.1, 0.15) is 0 Å². The second kappa shape index (κ2) is 11.2. The summed E-state index contributed by atoms with van der Waals surface area (Å²) in [6, 6.07) is 67.9. The van der Waals surface area contributed by atoms with Gasteiger partial charge in [-0.15, -0.1) is 0 Å². The highest BCUT2D eigenvalue weighted by Crippen LogP contribution is 2.54. The summed E-state index contributed by atoms with van der Waals surface area (Å²) in [6.07, 6.45) is 0. The number of hydrogen-bond acceptors (Lipinski definition) is 0. The minimum absolute atomic E-state index is 0.0922. The Kier molecular flexibility index (Phi) is 6.40. The molecule has 1 aliphatic carbocycles. The lowest BCUT2D eigenvalue weighted by Gasteiger charge is -2.23. The molecule has 11 rings (SSSR count). The smallest absolute Gasteiger partial charge is 0.0159 e. The quantitative estimate of drug-likeness (QED) is 0.164. The fraction of sp³-hybridized carbons (Fsp3) is 0.0566. The van der Waals surface area contributed by atoms with E-state index in [9.17, 15) is 0 Å². The lowest BCUT2D eigenvalue weighted by molar-refractivity contribution is 0.661. The van der Waals surface area contributed by atoms with Gasteiger partial charge in [-0.3, -0.25) is 0 Å². The highest BCUT2D eigenvalue weighted by atomic mass is 14.4. The Balaban J connectivity index is 1.19. The molecule has 0 N–H and O–H groups in total. The molecule has 10 aromatic carbocycles. The molecule has 0 bridgehead atoms. The molecule has 53 heavy (non-hydrogen) atoms. The second-order valence-electron chi connectivity index (χ2n) is 15.2. The number of hydrogen-bond donors (Lipinski definition) is 0. The molecule has 0 saturated heterocycles. The Morgan fingerprint density at radius 1 is 0.283 bits per heavy atom. The van der Waals surface area contributed by atoms with Crippen LogP contribution < -0.4 is 0 Å². The van der Waals surface area contributed by atoms with E-state index < -0.39 is 0 Å². The molecular weight excluding hydrogens is 637 g/mol. The minimum atomic E-state index is -0.0922. The van der Waals surface area contributed by atoms with E-state index in [4.69, 9.17) is 0 Å². The SMILES string of the molecule is CC1(C)c2ccccc2-c2c1cc(-c1ccc(-c3c4ccccc4c(-c4ccc5ccccc5c4)c4ccccc34)c3ccccc13)c1ccccc21. The maximum absolute atomic E-state index is 2.50. The Bertz CT molecular complexity index is 3080. The minimum Gasteiger partial charge on any atom is -0.0619 e. The fourth-order valence-electron chi connectivity index (χ4n) is 9.60. The zero-order valence-electron chi connectivity index (χ0n) is 29.8. The number of rotatable bonds is 3. The molecule has 0 heteroatoms. The van der Waals surface area contributed by atoms with E-state index >= 15 is 0 Å². The van der Waals surface area contributed by atoms with Crippen molar-refractivity contribution < 1.29 is 0 Å². The molecule has 248 valence electrons. The van der Waals surface area contributed by atoms with Gasteiger partial charge in [0, 0.05) is 5.41 Å². The number of fused-ring (bicyclic) bond motifs is 9. The van der Waals surface area contributed by atoms with Crippen LogP contribution in [0.25, 0.3) is 98.4 Å². The van der Waals surface area contributed by atoms with Gasteiger partial charge in [-0.1, -0.05) is 184 Å². The molecule has 0 unspecified atom stereocenters. The summed E-state index contributed by atoms with van der Waals surface area (Å²) in [7, 11) is 0. The van der Waals surface area contributed by atoms with Crippen LogP contribution in [0.15, 0.2) is 182 Å². The molecule has 0 nitrogen and oxygen atoms in total. The summed E-state index contributed by atoms with van der Waals surface area (Å²) < 4.78 is 0. The second-order valence-corrected chi connectivity index (χ2v) is 15.2. The molecule has 0 atom stereocenters. The average Bonchev–Trinajstić information content (AvgIpc) is 3.45. The van der Waals surface area contributed by atoms with Crippen LogP contribution in [0.3, 0.4) is 0 Å². The van der Waals surface area contributed by atoms with Crippen molar-refractivity contribution in [1.82, 2.24) is 0 Å². The highest BCUT2D eigenvalue weighted by Gasteiger charge is 2.37. The van der Waals surface area contributed by atoms with Crippen LogP contribution >= 0.6 is 0 Å². The van der Waals surface area contributed by atoms with Gasteiger partial charge in [0.05, 0.1) is 0 Å². The van der Waals surface area contributed by atoms with Crippen LogP contribution in [-0.4, -0.2) is 0 Å². The van der Waals surface area contributed by atoms with Crippen LogP contribution in [0.1, 0.15) is 25.0 Å². The zero-order chi connectivity index (χ0) is 35.3. The van der Waals surface area contributed by atoms with E-state index in [2.05, 4.69) is 196 Å². The lowest BCUT2D eigenvalue weighted by Crippen LogP contribution is -2.15. The summed E-state index contributed by atoms with van der Waals surface area (Å²) in [5, 5.41) is 12.8. The van der Waals surface area contributed by atoms with Gasteiger partial charge in [-0.05, 0) is 122 Å². The summed E-state index contributed by atoms with van der Waals surface area (Å²) >= 11 is 0. The van der Waals surface area contributed by atoms with Crippen LogP contribution in [0.2, 0.25) is 0 Å². The Morgan fingerprint density at radius 3 is 1.42 bits per heavy atom. The van der Waals surface area contributed by atoms with Gasteiger partial charge in [0.15, 0.2) is 0 Å². The van der Waals surface area contributed by atoms with E-state index in [-0.39, 0.29) is 5.41 Å². The molecule has 0 heterocycles. The predicted molar refractivity (Wildman–Crippen MR) is 228 cm³/mol. The molecule has 10 aromatic rings. The largest absolute Gasteiger partial charge is 0.0619 e. The van der Waals surface area contributed by atoms with Gasteiger partial charge in [-0.25, -0.2) is 0 Å². The first-order valence-corrected chi connectivity index (χ1v) is 18.7. The molecule has 0 saturated carbocycles. The summed E-state index contributed by atoms with van der Waals surface area (Å²) in [5.74, 6) is 0. The van der Waals surface area contributed by atoms with Crippen LogP contribution in [0.4, 0.5) is 0 Å². The maximum atomic E-state index is 2.50. The van der Waals surface area contributed by atoms with Crippen molar-refractivity contribution in [3.05, 3.63) is 193 Å². The first kappa shape index (κ1) is 30.2. The molecule has 0 radical (unpaired) electrons. The first-order chi connectivity index (χ1) is 26.1. The van der Waals surface area contributed by atoms with Crippen molar-refractivity contribution >= 4 is 53.9 Å². The molecule has 1 aliphatic rings. The maximum Gasteiger partial charge on any atom is 0.0159 e. The lowest BCUT2D eigenvalue weighted by atomic mass is 9.79. The van der Waals surface area contributed by atoms with Gasteiger partial charge in [0.25, 0.3) is 0 Å². The van der Waals surface area contributed by atoms with E-state index in [0.717, 1.165) is 0 Å². The van der Waals surface area contributed by atoms with Crippen LogP contribution in [-0.2, 0) is 5.41 Å². The Hall–Kier alpha value is -6.50. The normalized spacial score (nSPS) is 13.2. The summed E-state index contributed by atoms with van der Waals surface area (Å²) in [5.41, 5.74) is 13.1. The van der Waals surface area contributed by atoms with E-state index in [1.165, 1.54) is 109 Å². The van der Waals surface area contributed by atoms with Crippen molar-refractivity contribution in [2.45, 2.75) is 19.3 Å². The Labute approximate surface area is 309 Å². The summed E-state index contributed by atoms with van der Waals surface area (Å²) in [6.45, 7) is 4.77. The van der Waals surface area contributed by atoms with Crippen molar-refractivity contribution in [1.29, 1.82) is 0 Å². The highest BCUT2D eigenvalue weighted by molar-refractivity contribution is 6.25. The third kappa shape index (κ3) is 4.30. The topological polar surface area (TPSA) is 0 Å².